The maximum atomic E-state index is 15.0. The number of aliphatic imine (C=N–C) groups is 1. The first-order valence-electron chi connectivity index (χ1n) is 10.9. The fourth-order valence-corrected chi connectivity index (χ4v) is 4.12. The number of fused-ring (bicyclic) bond motifs is 2. The number of ether oxygens (including phenoxy) is 2. The molecule has 3 aliphatic rings. The van der Waals surface area contributed by atoms with E-state index in [1.807, 2.05) is 13.1 Å². The molecule has 1 atom stereocenters. The van der Waals surface area contributed by atoms with Crippen LogP contribution in [0.15, 0.2) is 40.0 Å². The maximum absolute atomic E-state index is 15.0. The Morgan fingerprint density at radius 3 is 2.85 bits per heavy atom. The number of halogens is 2. The van der Waals surface area contributed by atoms with Gasteiger partial charge in [-0.1, -0.05) is 6.42 Å². The van der Waals surface area contributed by atoms with Gasteiger partial charge in [-0.2, -0.15) is 0 Å². The molecule has 6 nitrogen and oxygen atoms in total. The lowest BCUT2D eigenvalue weighted by molar-refractivity contribution is 0.0524. The Hall–Kier alpha value is -3.55. The summed E-state index contributed by atoms with van der Waals surface area (Å²) in [6.45, 7) is 3.59. The van der Waals surface area contributed by atoms with E-state index in [4.69, 9.17) is 9.47 Å². The summed E-state index contributed by atoms with van der Waals surface area (Å²) in [6, 6.07) is 3.45. The van der Waals surface area contributed by atoms with Gasteiger partial charge in [-0.3, -0.25) is 9.79 Å². The third-order valence-electron chi connectivity index (χ3n) is 6.17. The predicted molar refractivity (Wildman–Crippen MR) is 121 cm³/mol. The highest BCUT2D eigenvalue weighted by molar-refractivity contribution is 5.91. The van der Waals surface area contributed by atoms with Crippen LogP contribution in [-0.4, -0.2) is 29.5 Å². The van der Waals surface area contributed by atoms with Crippen molar-refractivity contribution in [3.05, 3.63) is 62.8 Å². The number of allylic oxidation sites excluding steroid dienone is 2. The van der Waals surface area contributed by atoms with E-state index in [2.05, 4.69) is 4.99 Å². The molecular formula is C25H22F2N2O4. The molecule has 1 unspecified atom stereocenters. The van der Waals surface area contributed by atoms with Crippen LogP contribution in [-0.2, 0) is 4.74 Å². The van der Waals surface area contributed by atoms with Gasteiger partial charge in [0, 0.05) is 18.5 Å². The second-order valence-corrected chi connectivity index (χ2v) is 8.34. The van der Waals surface area contributed by atoms with Crippen LogP contribution in [0, 0.1) is 12.8 Å². The second kappa shape index (κ2) is 8.10. The standard InChI is InChI=1S/C25H22F2N2O4/c1-3-32-25(31)16-12-29-19-9-13(2)18(28-11-14-5-4-6-14)10-20(19)33-24-21(27)17(26)8-7-15(22(24)29)23(16)30/h7-12,14,17H,3-6H2,1-2H3. The fraction of sp³-hybridized carbons (Fsp3) is 0.320. The monoisotopic (exact) mass is 452 g/mol. The summed E-state index contributed by atoms with van der Waals surface area (Å²) in [7, 11) is 0. The molecule has 1 aliphatic heterocycles. The predicted octanol–water partition coefficient (Wildman–Crippen LogP) is 5.22. The highest BCUT2D eigenvalue weighted by atomic mass is 19.2. The lowest BCUT2D eigenvalue weighted by atomic mass is 9.87. The summed E-state index contributed by atoms with van der Waals surface area (Å²) in [5.74, 6) is -1.64. The summed E-state index contributed by atoms with van der Waals surface area (Å²) in [6.07, 6.45) is 6.64. The largest absolute Gasteiger partial charge is 0.462 e. The first-order valence-corrected chi connectivity index (χ1v) is 10.9. The van der Waals surface area contributed by atoms with Gasteiger partial charge in [0.1, 0.15) is 11.3 Å². The number of hydrogen-bond acceptors (Lipinski definition) is 5. The molecule has 170 valence electrons. The number of rotatable bonds is 4. The van der Waals surface area contributed by atoms with Crippen molar-refractivity contribution in [3.8, 4) is 11.4 Å². The van der Waals surface area contributed by atoms with Gasteiger partial charge in [0.2, 0.25) is 5.43 Å². The van der Waals surface area contributed by atoms with Gasteiger partial charge in [0.05, 0.1) is 23.5 Å². The Kier molecular flexibility index (Phi) is 5.23. The molecule has 8 heteroatoms. The summed E-state index contributed by atoms with van der Waals surface area (Å²) in [4.78, 5) is 30.1. The lowest BCUT2D eigenvalue weighted by Gasteiger charge is -2.27. The zero-order valence-corrected chi connectivity index (χ0v) is 18.2. The molecule has 0 bridgehead atoms. The van der Waals surface area contributed by atoms with E-state index < -0.39 is 23.4 Å². The van der Waals surface area contributed by atoms with E-state index in [1.54, 1.807) is 19.1 Å². The van der Waals surface area contributed by atoms with Gasteiger partial charge in [0.15, 0.2) is 23.5 Å². The molecule has 2 heterocycles. The Morgan fingerprint density at radius 1 is 1.36 bits per heavy atom. The van der Waals surface area contributed by atoms with Crippen LogP contribution in [0.3, 0.4) is 0 Å². The van der Waals surface area contributed by atoms with Crippen LogP contribution >= 0.6 is 0 Å². The normalized spacial score (nSPS) is 19.0. The average Bonchev–Trinajstić information content (AvgIpc) is 2.88. The Bertz CT molecular complexity index is 1320. The van der Waals surface area contributed by atoms with Crippen LogP contribution in [0.1, 0.15) is 53.4 Å². The number of pyridine rings is 1. The van der Waals surface area contributed by atoms with Crippen molar-refractivity contribution < 1.29 is 23.0 Å². The topological polar surface area (TPSA) is 69.9 Å². The van der Waals surface area contributed by atoms with Crippen molar-refractivity contribution in [2.75, 3.05) is 6.61 Å². The molecule has 2 aromatic rings. The SMILES string of the molecule is CCOC(=O)c1cn2c3c(c1=O)C=CC(F)C(F)=C3Oc1cc(N=CC3CCC3)c(C)cc1-2. The Labute approximate surface area is 188 Å². The number of alkyl halides is 1. The molecule has 5 rings (SSSR count). The van der Waals surface area contributed by atoms with E-state index in [0.717, 1.165) is 24.5 Å². The third-order valence-corrected chi connectivity index (χ3v) is 6.17. The molecule has 1 saturated carbocycles. The van der Waals surface area contributed by atoms with E-state index >= 15 is 0 Å². The van der Waals surface area contributed by atoms with E-state index in [1.165, 1.54) is 23.3 Å². The van der Waals surface area contributed by atoms with Crippen molar-refractivity contribution in [3.63, 3.8) is 0 Å². The van der Waals surface area contributed by atoms with Crippen LogP contribution in [0.2, 0.25) is 0 Å². The first-order chi connectivity index (χ1) is 15.9. The number of hydrogen-bond donors (Lipinski definition) is 0. The fourth-order valence-electron chi connectivity index (χ4n) is 4.12. The van der Waals surface area contributed by atoms with Crippen LogP contribution < -0.4 is 10.2 Å². The minimum atomic E-state index is -2.09. The molecule has 0 spiro atoms. The third kappa shape index (κ3) is 3.50. The molecular weight excluding hydrogens is 430 g/mol. The zero-order valence-electron chi connectivity index (χ0n) is 18.2. The number of carbonyl (C=O) groups is 1. The maximum Gasteiger partial charge on any atom is 0.343 e. The van der Waals surface area contributed by atoms with E-state index in [-0.39, 0.29) is 34.9 Å². The number of aryl methyl sites for hydroxylation is 1. The number of nitrogens with zero attached hydrogens (tertiary/aromatic N) is 2. The summed E-state index contributed by atoms with van der Waals surface area (Å²) < 4.78 is 41.8. The van der Waals surface area contributed by atoms with Gasteiger partial charge in [-0.05, 0) is 56.4 Å². The lowest BCUT2D eigenvalue weighted by Crippen LogP contribution is -2.27. The molecule has 1 aromatic heterocycles. The summed E-state index contributed by atoms with van der Waals surface area (Å²) in [5.41, 5.74) is 1.08. The quantitative estimate of drug-likeness (QED) is 0.471. The second-order valence-electron chi connectivity index (χ2n) is 8.34. The van der Waals surface area contributed by atoms with E-state index in [0.29, 0.717) is 17.3 Å². The van der Waals surface area contributed by atoms with Crippen LogP contribution in [0.5, 0.6) is 5.75 Å². The van der Waals surface area contributed by atoms with Crippen LogP contribution in [0.4, 0.5) is 14.5 Å². The molecule has 33 heavy (non-hydrogen) atoms. The minimum absolute atomic E-state index is 0.0405. The average molecular weight is 452 g/mol. The Balaban J connectivity index is 1.75. The van der Waals surface area contributed by atoms with Crippen molar-refractivity contribution in [1.82, 2.24) is 4.57 Å². The van der Waals surface area contributed by atoms with E-state index in [9.17, 15) is 18.4 Å². The van der Waals surface area contributed by atoms with Gasteiger partial charge >= 0.3 is 5.97 Å². The minimum Gasteiger partial charge on any atom is -0.462 e. The van der Waals surface area contributed by atoms with Gasteiger partial charge in [-0.25, -0.2) is 13.6 Å². The van der Waals surface area contributed by atoms with Crippen molar-refractivity contribution in [2.24, 2.45) is 10.9 Å². The Morgan fingerprint density at radius 2 is 2.15 bits per heavy atom. The first kappa shape index (κ1) is 21.3. The molecule has 1 fully saturated rings. The smallest absolute Gasteiger partial charge is 0.343 e. The number of carbonyl (C=O) groups excluding carboxylic acids is 1. The number of benzene rings is 1. The molecule has 0 amide bonds. The van der Waals surface area contributed by atoms with Crippen LogP contribution in [0.25, 0.3) is 17.5 Å². The van der Waals surface area contributed by atoms with Gasteiger partial charge in [0.25, 0.3) is 0 Å². The summed E-state index contributed by atoms with van der Waals surface area (Å²) in [5, 5.41) is 0. The molecule has 1 aromatic carbocycles. The summed E-state index contributed by atoms with van der Waals surface area (Å²) >= 11 is 0. The van der Waals surface area contributed by atoms with Crippen molar-refractivity contribution in [2.45, 2.75) is 39.3 Å². The van der Waals surface area contributed by atoms with Gasteiger partial charge < -0.3 is 14.0 Å². The van der Waals surface area contributed by atoms with Crippen molar-refractivity contribution >= 4 is 29.7 Å². The molecule has 0 radical (unpaired) electrons. The van der Waals surface area contributed by atoms with Crippen molar-refractivity contribution in [1.29, 1.82) is 0 Å². The number of esters is 1. The highest BCUT2D eigenvalue weighted by Gasteiger charge is 2.34. The molecule has 0 saturated heterocycles. The zero-order chi connectivity index (χ0) is 23.3. The molecule has 2 aliphatic carbocycles. The van der Waals surface area contributed by atoms with Gasteiger partial charge in [-0.15, -0.1) is 0 Å². The molecule has 0 N–H and O–H groups in total. The number of aromatic nitrogens is 1. The highest BCUT2D eigenvalue weighted by Crippen LogP contribution is 2.43.